The Balaban J connectivity index is 3.48. The maximum atomic E-state index is 9.01. The molecule has 17 heavy (non-hydrogen) atoms. The molecule has 0 rings (SSSR count). The lowest BCUT2D eigenvalue weighted by Crippen LogP contribution is -2.31. The van der Waals surface area contributed by atoms with Crippen LogP contribution in [0, 0.1) is 11.3 Å². The van der Waals surface area contributed by atoms with Gasteiger partial charge in [0.2, 0.25) is 0 Å². The fourth-order valence-corrected chi connectivity index (χ4v) is 2.89. The van der Waals surface area contributed by atoms with E-state index in [4.69, 9.17) is 9.69 Å². The van der Waals surface area contributed by atoms with Crippen LogP contribution >= 0.6 is 0 Å². The first-order valence-electron chi connectivity index (χ1n) is 7.07. The minimum atomic E-state index is -1.55. The predicted molar refractivity (Wildman–Crippen MR) is 76.4 cm³/mol. The van der Waals surface area contributed by atoms with Crippen molar-refractivity contribution in [2.24, 2.45) is 0 Å². The monoisotopic (exact) mass is 255 g/mol. The molecule has 0 radical (unpaired) electrons. The SMILES string of the molecule is CCCCCCCCCC(C#N)O[Si](C)(C)C. The van der Waals surface area contributed by atoms with Crippen LogP contribution in [0.1, 0.15) is 58.3 Å². The van der Waals surface area contributed by atoms with Gasteiger partial charge >= 0.3 is 0 Å². The van der Waals surface area contributed by atoms with Crippen LogP contribution < -0.4 is 0 Å². The van der Waals surface area contributed by atoms with Gasteiger partial charge in [-0.1, -0.05) is 45.4 Å². The minimum Gasteiger partial charge on any atom is -0.402 e. The molecule has 0 amide bonds. The fourth-order valence-electron chi connectivity index (χ4n) is 1.86. The van der Waals surface area contributed by atoms with Crippen LogP contribution in [0.4, 0.5) is 0 Å². The van der Waals surface area contributed by atoms with Crippen LogP contribution in [-0.4, -0.2) is 14.4 Å². The maximum absolute atomic E-state index is 9.01. The Bertz CT molecular complexity index is 217. The Morgan fingerprint density at radius 1 is 1.00 bits per heavy atom. The number of unbranched alkanes of at least 4 members (excludes halogenated alkanes) is 6. The molecule has 0 N–H and O–H groups in total. The molecule has 1 unspecified atom stereocenters. The smallest absolute Gasteiger partial charge is 0.185 e. The van der Waals surface area contributed by atoms with Gasteiger partial charge in [0.25, 0.3) is 0 Å². The van der Waals surface area contributed by atoms with Crippen LogP contribution in [0.15, 0.2) is 0 Å². The average molecular weight is 255 g/mol. The number of hydrogen-bond acceptors (Lipinski definition) is 2. The van der Waals surface area contributed by atoms with Gasteiger partial charge in [0.1, 0.15) is 6.10 Å². The van der Waals surface area contributed by atoms with Crippen molar-refractivity contribution in [3.05, 3.63) is 0 Å². The Morgan fingerprint density at radius 2 is 1.53 bits per heavy atom. The van der Waals surface area contributed by atoms with Gasteiger partial charge in [-0.2, -0.15) is 5.26 Å². The highest BCUT2D eigenvalue weighted by molar-refractivity contribution is 6.69. The van der Waals surface area contributed by atoms with Crippen LogP contribution in [0.2, 0.25) is 19.6 Å². The lowest BCUT2D eigenvalue weighted by Gasteiger charge is -2.21. The summed E-state index contributed by atoms with van der Waals surface area (Å²) in [7, 11) is -1.55. The summed E-state index contributed by atoms with van der Waals surface area (Å²) in [4.78, 5) is 0. The van der Waals surface area contributed by atoms with E-state index in [0.717, 1.165) is 12.8 Å². The van der Waals surface area contributed by atoms with Crippen molar-refractivity contribution < 1.29 is 4.43 Å². The topological polar surface area (TPSA) is 33.0 Å². The second kappa shape index (κ2) is 9.67. The number of hydrogen-bond donors (Lipinski definition) is 0. The number of rotatable bonds is 10. The zero-order valence-electron chi connectivity index (χ0n) is 12.1. The maximum Gasteiger partial charge on any atom is 0.185 e. The van der Waals surface area contributed by atoms with Crippen molar-refractivity contribution in [3.63, 3.8) is 0 Å². The summed E-state index contributed by atoms with van der Waals surface area (Å²) in [6, 6.07) is 2.28. The van der Waals surface area contributed by atoms with Gasteiger partial charge < -0.3 is 4.43 Å². The molecule has 0 spiro atoms. The quantitative estimate of drug-likeness (QED) is 0.412. The van der Waals surface area contributed by atoms with Crippen LogP contribution in [0.5, 0.6) is 0 Å². The Kier molecular flexibility index (Phi) is 9.48. The first kappa shape index (κ1) is 16.7. The number of nitriles is 1. The molecule has 0 saturated carbocycles. The highest BCUT2D eigenvalue weighted by atomic mass is 28.4. The third-order valence-electron chi connectivity index (χ3n) is 2.71. The second-order valence-corrected chi connectivity index (χ2v) is 10.2. The molecule has 0 aliphatic heterocycles. The normalized spacial score (nSPS) is 13.4. The minimum absolute atomic E-state index is 0.169. The molecule has 0 aromatic carbocycles. The molecule has 0 heterocycles. The van der Waals surface area contributed by atoms with Crippen molar-refractivity contribution in [3.8, 4) is 6.07 Å². The van der Waals surface area contributed by atoms with Gasteiger partial charge in [0.15, 0.2) is 8.32 Å². The lowest BCUT2D eigenvalue weighted by atomic mass is 10.1. The summed E-state index contributed by atoms with van der Waals surface area (Å²) in [5.74, 6) is 0. The molecule has 100 valence electrons. The van der Waals surface area contributed by atoms with E-state index < -0.39 is 8.32 Å². The summed E-state index contributed by atoms with van der Waals surface area (Å²) in [5, 5.41) is 9.01. The molecular formula is C14H29NOSi. The molecule has 2 nitrogen and oxygen atoms in total. The van der Waals surface area contributed by atoms with Gasteiger partial charge in [0, 0.05) is 0 Å². The standard InChI is InChI=1S/C14H29NOSi/c1-5-6-7-8-9-10-11-12-14(13-15)16-17(2,3)4/h14H,5-12H2,1-4H3. The molecule has 0 aromatic rings. The van der Waals surface area contributed by atoms with E-state index in [1.807, 2.05) is 0 Å². The first-order valence-corrected chi connectivity index (χ1v) is 10.5. The van der Waals surface area contributed by atoms with Crippen LogP contribution in [-0.2, 0) is 4.43 Å². The number of nitrogens with zero attached hydrogens (tertiary/aromatic N) is 1. The summed E-state index contributed by atoms with van der Waals surface area (Å²) in [6.45, 7) is 8.66. The van der Waals surface area contributed by atoms with Gasteiger partial charge in [-0.3, -0.25) is 0 Å². The van der Waals surface area contributed by atoms with Crippen molar-refractivity contribution in [1.29, 1.82) is 5.26 Å². The van der Waals surface area contributed by atoms with Crippen molar-refractivity contribution in [2.75, 3.05) is 0 Å². The second-order valence-electron chi connectivity index (χ2n) is 5.76. The van der Waals surface area contributed by atoms with E-state index in [-0.39, 0.29) is 6.10 Å². The summed E-state index contributed by atoms with van der Waals surface area (Å²) >= 11 is 0. The van der Waals surface area contributed by atoms with Crippen molar-refractivity contribution in [1.82, 2.24) is 0 Å². The first-order chi connectivity index (χ1) is 7.99. The fraction of sp³-hybridized carbons (Fsp3) is 0.929. The largest absolute Gasteiger partial charge is 0.402 e. The molecular weight excluding hydrogens is 226 g/mol. The third-order valence-corrected chi connectivity index (χ3v) is 3.70. The van der Waals surface area contributed by atoms with Crippen molar-refractivity contribution in [2.45, 2.75) is 84.0 Å². The molecule has 0 bridgehead atoms. The van der Waals surface area contributed by atoms with Crippen molar-refractivity contribution >= 4 is 8.32 Å². The Labute approximate surface area is 108 Å². The average Bonchev–Trinajstić information content (AvgIpc) is 2.24. The van der Waals surface area contributed by atoms with Gasteiger partial charge in [-0.05, 0) is 32.5 Å². The molecule has 1 atom stereocenters. The highest BCUT2D eigenvalue weighted by Gasteiger charge is 2.20. The van der Waals surface area contributed by atoms with E-state index in [1.54, 1.807) is 0 Å². The molecule has 0 aliphatic rings. The molecule has 0 aliphatic carbocycles. The lowest BCUT2D eigenvalue weighted by molar-refractivity contribution is 0.233. The third kappa shape index (κ3) is 11.9. The Morgan fingerprint density at radius 3 is 2.00 bits per heavy atom. The van der Waals surface area contributed by atoms with E-state index >= 15 is 0 Å². The van der Waals surface area contributed by atoms with E-state index in [0.29, 0.717) is 0 Å². The molecule has 0 aromatic heterocycles. The van der Waals surface area contributed by atoms with E-state index in [9.17, 15) is 0 Å². The predicted octanol–water partition coefficient (Wildman–Crippen LogP) is 4.87. The Hall–Kier alpha value is -0.333. The highest BCUT2D eigenvalue weighted by Crippen LogP contribution is 2.14. The van der Waals surface area contributed by atoms with E-state index in [1.165, 1.54) is 38.5 Å². The summed E-state index contributed by atoms with van der Waals surface area (Å²) < 4.78 is 5.81. The molecule has 3 heteroatoms. The summed E-state index contributed by atoms with van der Waals surface area (Å²) in [5.41, 5.74) is 0. The van der Waals surface area contributed by atoms with E-state index in [2.05, 4.69) is 32.6 Å². The summed E-state index contributed by atoms with van der Waals surface area (Å²) in [6.07, 6.45) is 9.81. The zero-order chi connectivity index (χ0) is 13.1. The van der Waals surface area contributed by atoms with Gasteiger partial charge in [-0.25, -0.2) is 0 Å². The van der Waals surface area contributed by atoms with Crippen LogP contribution in [0.3, 0.4) is 0 Å². The molecule has 0 saturated heterocycles. The van der Waals surface area contributed by atoms with Gasteiger partial charge in [0.05, 0.1) is 6.07 Å². The molecule has 0 fully saturated rings. The van der Waals surface area contributed by atoms with Crippen LogP contribution in [0.25, 0.3) is 0 Å². The van der Waals surface area contributed by atoms with Gasteiger partial charge in [-0.15, -0.1) is 0 Å². The zero-order valence-corrected chi connectivity index (χ0v) is 13.1.